The number of Topliss-reactive ketones (excluding diaryl/α,β-unsaturated/α-hetero) is 1. The van der Waals surface area contributed by atoms with Crippen LogP contribution in [0.1, 0.15) is 66.7 Å². The Kier molecular flexibility index (Phi) is 6.31. The van der Waals surface area contributed by atoms with E-state index in [0.717, 1.165) is 18.4 Å². The number of esters is 3. The van der Waals surface area contributed by atoms with E-state index in [1.807, 2.05) is 13.0 Å². The third-order valence-corrected chi connectivity index (χ3v) is 9.09. The van der Waals surface area contributed by atoms with E-state index in [4.69, 9.17) is 14.2 Å². The number of allylic oxidation sites excluding steroid dienone is 4. The summed E-state index contributed by atoms with van der Waals surface area (Å²) in [5.74, 6) is -2.05. The van der Waals surface area contributed by atoms with Gasteiger partial charge in [0.1, 0.15) is 6.10 Å². The Morgan fingerprint density at radius 2 is 1.74 bits per heavy atom. The Balaban J connectivity index is 1.80. The molecule has 0 saturated heterocycles. The lowest BCUT2D eigenvalue weighted by molar-refractivity contribution is -0.205. The minimum atomic E-state index is -1.47. The van der Waals surface area contributed by atoms with Crippen LogP contribution in [0.15, 0.2) is 23.8 Å². The fourth-order valence-electron chi connectivity index (χ4n) is 7.81. The number of fused-ring (bicyclic) bond motifs is 5. The van der Waals surface area contributed by atoms with Crippen LogP contribution >= 0.6 is 0 Å². The average Bonchev–Trinajstić information content (AvgIpc) is 3.04. The molecule has 8 nitrogen and oxygen atoms in total. The molecule has 0 unspecified atom stereocenters. The first-order valence-electron chi connectivity index (χ1n) is 12.3. The molecule has 0 N–H and O–H groups in total. The van der Waals surface area contributed by atoms with Crippen molar-refractivity contribution >= 4 is 29.5 Å². The summed E-state index contributed by atoms with van der Waals surface area (Å²) in [7, 11) is 0. The number of hydrogen-bond acceptors (Lipinski definition) is 8. The lowest BCUT2D eigenvalue weighted by atomic mass is 9.46. The number of rotatable bonds is 5. The van der Waals surface area contributed by atoms with E-state index in [9.17, 15) is 24.0 Å². The molecule has 7 atom stereocenters. The maximum atomic E-state index is 13.6. The van der Waals surface area contributed by atoms with Crippen molar-refractivity contribution in [3.63, 3.8) is 0 Å². The SMILES string of the molecule is CC(=O)OCC(=O)[C@]1(OC(C)=O)CC[C@H]2[C@@H]3CCC4=CC(=O)C=C[C@]4(C)[C@H]3[C@@H](OC(C)=O)C[C@@]21C. The van der Waals surface area contributed by atoms with Crippen LogP contribution in [0.3, 0.4) is 0 Å². The van der Waals surface area contributed by atoms with Crippen LogP contribution in [0, 0.1) is 28.6 Å². The molecule has 0 aliphatic heterocycles. The summed E-state index contributed by atoms with van der Waals surface area (Å²) < 4.78 is 16.8. The molecular formula is C27H34O8. The van der Waals surface area contributed by atoms with E-state index < -0.39 is 52.8 Å². The highest BCUT2D eigenvalue weighted by molar-refractivity contribution is 6.01. The van der Waals surface area contributed by atoms with Gasteiger partial charge in [0.05, 0.1) is 0 Å². The van der Waals surface area contributed by atoms with Gasteiger partial charge in [-0.25, -0.2) is 0 Å². The van der Waals surface area contributed by atoms with Crippen LogP contribution in [0.4, 0.5) is 0 Å². The molecule has 0 heterocycles. The first kappa shape index (κ1) is 25.3. The quantitative estimate of drug-likeness (QED) is 0.430. The minimum absolute atomic E-state index is 0.0179. The second-order valence-electron chi connectivity index (χ2n) is 11.0. The van der Waals surface area contributed by atoms with Crippen molar-refractivity contribution in [1.29, 1.82) is 0 Å². The van der Waals surface area contributed by atoms with E-state index in [0.29, 0.717) is 19.3 Å². The third-order valence-electron chi connectivity index (χ3n) is 9.09. The van der Waals surface area contributed by atoms with E-state index in [1.165, 1.54) is 20.8 Å². The molecule has 8 heteroatoms. The maximum Gasteiger partial charge on any atom is 0.303 e. The van der Waals surface area contributed by atoms with Gasteiger partial charge in [-0.05, 0) is 56.1 Å². The Labute approximate surface area is 205 Å². The van der Waals surface area contributed by atoms with E-state index in [2.05, 4.69) is 6.92 Å². The average molecular weight is 487 g/mol. The number of ketones is 2. The van der Waals surface area contributed by atoms with Crippen LogP contribution in [-0.4, -0.2) is 47.8 Å². The zero-order valence-electron chi connectivity index (χ0n) is 21.1. The molecule has 3 saturated carbocycles. The summed E-state index contributed by atoms with van der Waals surface area (Å²) in [6.45, 7) is 7.42. The molecule has 4 aliphatic carbocycles. The highest BCUT2D eigenvalue weighted by atomic mass is 16.6. The molecule has 0 spiro atoms. The Morgan fingerprint density at radius 3 is 2.37 bits per heavy atom. The summed E-state index contributed by atoms with van der Waals surface area (Å²) in [5.41, 5.74) is -1.70. The van der Waals surface area contributed by atoms with Gasteiger partial charge in [-0.15, -0.1) is 0 Å². The van der Waals surface area contributed by atoms with Gasteiger partial charge >= 0.3 is 17.9 Å². The van der Waals surface area contributed by atoms with Gasteiger partial charge in [0.15, 0.2) is 18.0 Å². The maximum absolute atomic E-state index is 13.6. The van der Waals surface area contributed by atoms with Gasteiger partial charge < -0.3 is 14.2 Å². The van der Waals surface area contributed by atoms with E-state index in [-0.39, 0.29) is 23.5 Å². The van der Waals surface area contributed by atoms with E-state index >= 15 is 0 Å². The number of carbonyl (C=O) groups excluding carboxylic acids is 5. The van der Waals surface area contributed by atoms with Gasteiger partial charge in [0.2, 0.25) is 5.78 Å². The highest BCUT2D eigenvalue weighted by Crippen LogP contribution is 2.68. The largest absolute Gasteiger partial charge is 0.462 e. The topological polar surface area (TPSA) is 113 Å². The van der Waals surface area contributed by atoms with Gasteiger partial charge in [-0.2, -0.15) is 0 Å². The fourth-order valence-corrected chi connectivity index (χ4v) is 7.81. The minimum Gasteiger partial charge on any atom is -0.462 e. The van der Waals surface area contributed by atoms with Crippen LogP contribution in [0.5, 0.6) is 0 Å². The second-order valence-corrected chi connectivity index (χ2v) is 11.0. The predicted molar refractivity (Wildman–Crippen MR) is 124 cm³/mol. The summed E-state index contributed by atoms with van der Waals surface area (Å²) in [5, 5.41) is 0. The number of hydrogen-bond donors (Lipinski definition) is 0. The highest BCUT2D eigenvalue weighted by Gasteiger charge is 2.71. The van der Waals surface area contributed by atoms with Crippen LogP contribution in [-0.2, 0) is 38.2 Å². The fraction of sp³-hybridized carbons (Fsp3) is 0.667. The molecule has 0 aromatic heterocycles. The smallest absolute Gasteiger partial charge is 0.303 e. The number of ether oxygens (including phenoxy) is 3. The van der Waals surface area contributed by atoms with Gasteiger partial charge in [0, 0.05) is 37.5 Å². The van der Waals surface area contributed by atoms with Crippen molar-refractivity contribution in [3.05, 3.63) is 23.8 Å². The normalized spacial score (nSPS) is 39.5. The van der Waals surface area contributed by atoms with Crippen molar-refractivity contribution in [2.75, 3.05) is 6.61 Å². The van der Waals surface area contributed by atoms with Crippen molar-refractivity contribution < 1.29 is 38.2 Å². The molecule has 190 valence electrons. The lowest BCUT2D eigenvalue weighted by Gasteiger charge is -2.60. The first-order valence-corrected chi connectivity index (χ1v) is 12.3. The summed E-state index contributed by atoms with van der Waals surface area (Å²) >= 11 is 0. The van der Waals surface area contributed by atoms with Crippen molar-refractivity contribution in [2.45, 2.75) is 78.4 Å². The molecule has 0 amide bonds. The molecule has 0 radical (unpaired) electrons. The Morgan fingerprint density at radius 1 is 1.03 bits per heavy atom. The molecule has 35 heavy (non-hydrogen) atoms. The third kappa shape index (κ3) is 3.95. The summed E-state index contributed by atoms with van der Waals surface area (Å²) in [4.78, 5) is 61.6. The first-order chi connectivity index (χ1) is 16.3. The van der Waals surface area contributed by atoms with Crippen LogP contribution in [0.2, 0.25) is 0 Å². The zero-order chi connectivity index (χ0) is 25.8. The Hall–Kier alpha value is -2.77. The molecule has 3 fully saturated rings. The second kappa shape index (κ2) is 8.71. The monoisotopic (exact) mass is 486 g/mol. The van der Waals surface area contributed by atoms with Crippen molar-refractivity contribution in [1.82, 2.24) is 0 Å². The molecular weight excluding hydrogens is 452 g/mol. The van der Waals surface area contributed by atoms with Crippen LogP contribution in [0.25, 0.3) is 0 Å². The zero-order valence-corrected chi connectivity index (χ0v) is 21.1. The molecule has 4 aliphatic rings. The standard InChI is InChI=1S/C27H34O8/c1-15(28)33-14-23(32)27(35-17(3)30)11-9-21-20-7-6-18-12-19(31)8-10-25(18,4)24(20)22(34-16(2)29)13-26(21,27)5/h8,10,12,20-22,24H,6-7,9,11,13-14H2,1-5H3/t20-,21-,22-,24+,25-,26-,27+/m0/s1. The van der Waals surface area contributed by atoms with Gasteiger partial charge in [0.25, 0.3) is 0 Å². The summed E-state index contributed by atoms with van der Waals surface area (Å²) in [6, 6.07) is 0. The van der Waals surface area contributed by atoms with Gasteiger partial charge in [-0.1, -0.05) is 25.5 Å². The van der Waals surface area contributed by atoms with Crippen LogP contribution < -0.4 is 0 Å². The molecule has 0 aromatic carbocycles. The number of carbonyl (C=O) groups is 5. The van der Waals surface area contributed by atoms with Crippen molar-refractivity contribution in [3.8, 4) is 0 Å². The van der Waals surface area contributed by atoms with Gasteiger partial charge in [-0.3, -0.25) is 24.0 Å². The molecule has 0 aromatic rings. The predicted octanol–water partition coefficient (Wildman–Crippen LogP) is 3.27. The van der Waals surface area contributed by atoms with Crippen molar-refractivity contribution in [2.24, 2.45) is 28.6 Å². The molecule has 0 bridgehead atoms. The van der Waals surface area contributed by atoms with E-state index in [1.54, 1.807) is 12.2 Å². The molecule has 4 rings (SSSR count). The summed E-state index contributed by atoms with van der Waals surface area (Å²) in [6.07, 6.45) is 7.50. The lowest BCUT2D eigenvalue weighted by Crippen LogP contribution is -2.63. The Bertz CT molecular complexity index is 1040.